The number of likely N-dealkylation sites (tertiary alicyclic amines) is 1. The molecule has 1 aromatic carbocycles. The maximum atomic E-state index is 13.9. The number of halogens is 3. The second kappa shape index (κ2) is 12.5. The summed E-state index contributed by atoms with van der Waals surface area (Å²) in [5.41, 5.74) is -0.101. The molecule has 242 valence electrons. The molecule has 1 aromatic heterocycles. The molecule has 1 saturated carbocycles. The van der Waals surface area contributed by atoms with Crippen LogP contribution in [-0.4, -0.2) is 74.9 Å². The molecule has 9 nitrogen and oxygen atoms in total. The first-order valence-corrected chi connectivity index (χ1v) is 15.3. The van der Waals surface area contributed by atoms with Crippen LogP contribution in [0.5, 0.6) is 0 Å². The number of amides is 2. The summed E-state index contributed by atoms with van der Waals surface area (Å²) < 4.78 is 41.6. The molecule has 44 heavy (non-hydrogen) atoms. The van der Waals surface area contributed by atoms with Crippen LogP contribution in [0.15, 0.2) is 30.5 Å². The monoisotopic (exact) mass is 617 g/mol. The van der Waals surface area contributed by atoms with Gasteiger partial charge in [-0.25, -0.2) is 4.98 Å². The zero-order valence-electron chi connectivity index (χ0n) is 27.0. The lowest BCUT2D eigenvalue weighted by Gasteiger charge is -2.55. The van der Waals surface area contributed by atoms with Crippen LogP contribution in [-0.2, 0) is 11.0 Å². The molecule has 1 saturated heterocycles. The Bertz CT molecular complexity index is 1330. The normalized spacial score (nSPS) is 22.1. The zero-order valence-corrected chi connectivity index (χ0v) is 27.0. The minimum absolute atomic E-state index is 0.0336. The molecule has 0 unspecified atom stereocenters. The van der Waals surface area contributed by atoms with Crippen LogP contribution in [0.25, 0.3) is 0 Å². The van der Waals surface area contributed by atoms with Gasteiger partial charge in [0.2, 0.25) is 11.9 Å². The highest BCUT2D eigenvalue weighted by Gasteiger charge is 2.45. The number of carbonyl (C=O) groups excluding carboxylic acids is 2. The second-order valence-electron chi connectivity index (χ2n) is 13.8. The van der Waals surface area contributed by atoms with Gasteiger partial charge in [0.25, 0.3) is 5.91 Å². The highest BCUT2D eigenvalue weighted by Crippen LogP contribution is 2.39. The van der Waals surface area contributed by atoms with Crippen molar-refractivity contribution < 1.29 is 22.8 Å². The van der Waals surface area contributed by atoms with Crippen molar-refractivity contribution in [2.75, 3.05) is 24.7 Å². The Labute approximate surface area is 258 Å². The smallest absolute Gasteiger partial charge is 0.366 e. The van der Waals surface area contributed by atoms with Crippen molar-refractivity contribution in [3.8, 4) is 0 Å². The lowest BCUT2D eigenvalue weighted by atomic mass is 9.77. The van der Waals surface area contributed by atoms with Crippen LogP contribution >= 0.6 is 0 Å². The average Bonchev–Trinajstić information content (AvgIpc) is 3.38. The summed E-state index contributed by atoms with van der Waals surface area (Å²) in [4.78, 5) is 38.4. The Morgan fingerprint density at radius 2 is 1.66 bits per heavy atom. The number of aromatic nitrogens is 2. The number of nitrogens with one attached hydrogen (secondary N) is 3. The van der Waals surface area contributed by atoms with E-state index in [-0.39, 0.29) is 46.7 Å². The molecule has 0 radical (unpaired) electrons. The van der Waals surface area contributed by atoms with E-state index in [2.05, 4.69) is 65.6 Å². The molecule has 1 aliphatic carbocycles. The number of alkyl halides is 3. The third-order valence-corrected chi connectivity index (χ3v) is 9.24. The number of hydrogen-bond donors (Lipinski definition) is 3. The lowest BCUT2D eigenvalue weighted by molar-refractivity contribution is -0.137. The van der Waals surface area contributed by atoms with Crippen LogP contribution in [0.4, 0.5) is 30.6 Å². The molecule has 0 bridgehead atoms. The molecule has 2 aliphatic rings. The molecular weight excluding hydrogens is 571 g/mol. The molecule has 12 heteroatoms. The van der Waals surface area contributed by atoms with Gasteiger partial charge in [-0.15, -0.1) is 0 Å². The largest absolute Gasteiger partial charge is 0.421 e. The van der Waals surface area contributed by atoms with Gasteiger partial charge in [-0.3, -0.25) is 14.5 Å². The number of nitrogens with zero attached hydrogens (tertiary/aromatic N) is 4. The van der Waals surface area contributed by atoms with Gasteiger partial charge >= 0.3 is 6.18 Å². The lowest BCUT2D eigenvalue weighted by Crippen LogP contribution is -2.62. The van der Waals surface area contributed by atoms with Crippen LogP contribution in [0, 0.1) is 5.92 Å². The Balaban J connectivity index is 1.49. The van der Waals surface area contributed by atoms with Crippen LogP contribution in [0.2, 0.25) is 0 Å². The van der Waals surface area contributed by atoms with Crippen LogP contribution < -0.4 is 16.0 Å². The summed E-state index contributed by atoms with van der Waals surface area (Å²) in [5, 5.41) is 8.72. The Morgan fingerprint density at radius 1 is 1.05 bits per heavy atom. The first kappa shape index (κ1) is 33.5. The summed E-state index contributed by atoms with van der Waals surface area (Å²) in [5.74, 6) is -1.14. The highest BCUT2D eigenvalue weighted by atomic mass is 19.4. The number of piperidine rings is 1. The average molecular weight is 618 g/mol. The summed E-state index contributed by atoms with van der Waals surface area (Å²) >= 11 is 0. The molecule has 1 aliphatic heterocycles. The van der Waals surface area contributed by atoms with E-state index in [0.717, 1.165) is 25.5 Å². The van der Waals surface area contributed by atoms with Gasteiger partial charge in [-0.05, 0) is 98.5 Å². The quantitative estimate of drug-likeness (QED) is 0.331. The molecule has 2 atom stereocenters. The number of hydrogen-bond acceptors (Lipinski definition) is 7. The van der Waals surface area contributed by atoms with E-state index in [4.69, 9.17) is 0 Å². The van der Waals surface area contributed by atoms with E-state index in [0.29, 0.717) is 24.1 Å². The Morgan fingerprint density at radius 3 is 2.23 bits per heavy atom. The number of benzene rings is 1. The molecular formula is C32H46F3N7O2. The van der Waals surface area contributed by atoms with E-state index >= 15 is 0 Å². The molecule has 2 fully saturated rings. The van der Waals surface area contributed by atoms with E-state index in [9.17, 15) is 22.8 Å². The second-order valence-corrected chi connectivity index (χ2v) is 13.8. The fourth-order valence-corrected chi connectivity index (χ4v) is 6.56. The van der Waals surface area contributed by atoms with Crippen molar-refractivity contribution in [1.82, 2.24) is 25.1 Å². The maximum Gasteiger partial charge on any atom is 0.421 e. The zero-order chi connectivity index (χ0) is 32.6. The summed E-state index contributed by atoms with van der Waals surface area (Å²) in [6.45, 7) is 12.5. The SMILES string of the molecule is CC(C)NC(=O)[C@H]1CCC[C@H]1Nc1nc(Nc2ccc(C(=O)N(C)C3CC(C)(C)N(C)C(C)(C)C3)cc2)ncc1C(F)(F)F. The van der Waals surface area contributed by atoms with Crippen molar-refractivity contribution in [3.63, 3.8) is 0 Å². The molecule has 2 amide bonds. The molecule has 2 heterocycles. The first-order valence-electron chi connectivity index (χ1n) is 15.3. The van der Waals surface area contributed by atoms with Crippen molar-refractivity contribution in [3.05, 3.63) is 41.6 Å². The maximum absolute atomic E-state index is 13.9. The van der Waals surface area contributed by atoms with Gasteiger partial charge in [0.1, 0.15) is 11.4 Å². The standard InChI is InChI=1S/C32H46F3N7O2/c1-19(2)37-27(43)23-10-9-11-25(23)39-26-24(32(33,34)35)18-36-29(40-26)38-21-14-12-20(13-15-21)28(44)41(7)22-16-30(3,4)42(8)31(5,6)17-22/h12-15,18-19,22-23,25H,9-11,16-17H2,1-8H3,(H,37,43)(H2,36,38,39,40)/t23-,25+/m0/s1. The van der Waals surface area contributed by atoms with Gasteiger partial charge in [0.05, 0.1) is 5.92 Å². The summed E-state index contributed by atoms with van der Waals surface area (Å²) in [6.07, 6.45) is -0.382. The van der Waals surface area contributed by atoms with Crippen molar-refractivity contribution in [2.45, 2.75) is 109 Å². The minimum atomic E-state index is -4.68. The van der Waals surface area contributed by atoms with Gasteiger partial charge in [-0.1, -0.05) is 6.42 Å². The summed E-state index contributed by atoms with van der Waals surface area (Å²) in [7, 11) is 3.96. The highest BCUT2D eigenvalue weighted by molar-refractivity contribution is 5.94. The van der Waals surface area contributed by atoms with Gasteiger partial charge in [0, 0.05) is 53.7 Å². The fraction of sp³-hybridized carbons (Fsp3) is 0.625. The third-order valence-electron chi connectivity index (χ3n) is 9.24. The topological polar surface area (TPSA) is 102 Å². The number of rotatable bonds is 8. The Kier molecular flexibility index (Phi) is 9.54. The molecule has 3 N–H and O–H groups in total. The van der Waals surface area contributed by atoms with Crippen molar-refractivity contribution in [2.24, 2.45) is 5.92 Å². The van der Waals surface area contributed by atoms with E-state index in [1.807, 2.05) is 25.8 Å². The molecule has 0 spiro atoms. The van der Waals surface area contributed by atoms with E-state index in [1.54, 1.807) is 24.3 Å². The van der Waals surface area contributed by atoms with Gasteiger partial charge < -0.3 is 20.9 Å². The van der Waals surface area contributed by atoms with E-state index < -0.39 is 23.7 Å². The predicted molar refractivity (Wildman–Crippen MR) is 166 cm³/mol. The predicted octanol–water partition coefficient (Wildman–Crippen LogP) is 6.07. The number of anilines is 3. The minimum Gasteiger partial charge on any atom is -0.366 e. The van der Waals surface area contributed by atoms with Crippen LogP contribution in [0.3, 0.4) is 0 Å². The van der Waals surface area contributed by atoms with Gasteiger partial charge in [0.15, 0.2) is 0 Å². The Hall–Kier alpha value is -3.41. The summed E-state index contributed by atoms with van der Waals surface area (Å²) in [6, 6.07) is 6.25. The molecule has 4 rings (SSSR count). The van der Waals surface area contributed by atoms with Crippen molar-refractivity contribution >= 4 is 29.3 Å². The number of carbonyl (C=O) groups is 2. The first-order chi connectivity index (χ1) is 20.4. The van der Waals surface area contributed by atoms with Crippen molar-refractivity contribution in [1.29, 1.82) is 0 Å². The van der Waals surface area contributed by atoms with Gasteiger partial charge in [-0.2, -0.15) is 18.2 Å². The fourth-order valence-electron chi connectivity index (χ4n) is 6.56. The van der Waals surface area contributed by atoms with Crippen LogP contribution in [0.1, 0.15) is 89.6 Å². The third kappa shape index (κ3) is 7.44. The molecule has 2 aromatic rings. The van der Waals surface area contributed by atoms with E-state index in [1.165, 1.54) is 0 Å².